The van der Waals surface area contributed by atoms with E-state index in [0.717, 1.165) is 0 Å². The number of nitrogens with zero attached hydrogens (tertiary/aromatic N) is 6. The van der Waals surface area contributed by atoms with E-state index in [1.165, 1.54) is 0 Å². The van der Waals surface area contributed by atoms with Crippen molar-refractivity contribution in [2.24, 2.45) is 0 Å². The van der Waals surface area contributed by atoms with Crippen LogP contribution in [0.4, 0.5) is 29.2 Å². The fraction of sp³-hybridized carbons (Fsp3) is 0.250. The summed E-state index contributed by atoms with van der Waals surface area (Å²) in [7, 11) is -9.58. The molecular formula is C16H17N10Na4O9S3-. The molecule has 0 amide bonds. The van der Waals surface area contributed by atoms with E-state index in [4.69, 9.17) is 5.11 Å². The van der Waals surface area contributed by atoms with Crippen LogP contribution >= 0.6 is 0 Å². The van der Waals surface area contributed by atoms with Crippen LogP contribution in [0, 0.1) is 12.7 Å². The first-order chi connectivity index (χ1) is 17.9. The Hall–Kier alpha value is 0.490. The van der Waals surface area contributed by atoms with Gasteiger partial charge in [0.05, 0.1) is 28.5 Å². The van der Waals surface area contributed by atoms with E-state index in [1.54, 1.807) is 24.3 Å². The quantitative estimate of drug-likeness (QED) is 0.0390. The van der Waals surface area contributed by atoms with E-state index in [2.05, 4.69) is 63.8 Å². The van der Waals surface area contributed by atoms with Gasteiger partial charge in [-0.1, -0.05) is 6.07 Å². The minimum Gasteiger partial charge on any atom is -0.771 e. The van der Waals surface area contributed by atoms with Gasteiger partial charge in [0.1, 0.15) is 0 Å². The van der Waals surface area contributed by atoms with Crippen LogP contribution in [0.2, 0.25) is 0 Å². The van der Waals surface area contributed by atoms with Crippen molar-refractivity contribution >= 4 is 60.5 Å². The van der Waals surface area contributed by atoms with Crippen molar-refractivity contribution in [3.05, 3.63) is 36.9 Å². The summed E-state index contributed by atoms with van der Waals surface area (Å²) in [6.07, 6.45) is 4.63. The molecule has 3 rings (SSSR count). The topological polar surface area (TPSA) is 300 Å². The molecule has 0 spiro atoms. The standard InChI is InChI=1S/C14H13N9O6S2.C2H7NO3S.4Na/c24-30(25,26)5-4-16-12-21-13(23-14(22-12)31(27,28)29)20-10-3-1-2-9(6-10)19-11-17-7-15-8-18-11;4-1-3-2-7(5)6;;;;/h1-3,6H,4-5H2,(H,24,25,26)(H,27,28,29)(H,15,17,18,19)(H2,16,20,21,22,23);3-4H,1-2H2,(H,5,6);;;;/q-2;;4*+1/p-3. The number of aliphatic hydroxyl groups excluding tert-OH is 1. The maximum atomic E-state index is 11.3. The molecule has 3 aromatic rings. The Balaban J connectivity index is -0.00000124. The summed E-state index contributed by atoms with van der Waals surface area (Å²) in [6, 6.07) is 6.45. The summed E-state index contributed by atoms with van der Waals surface area (Å²) >= 11 is -2.09. The van der Waals surface area contributed by atoms with E-state index in [0.29, 0.717) is 11.4 Å². The van der Waals surface area contributed by atoms with Gasteiger partial charge in [0.2, 0.25) is 17.1 Å². The average Bonchev–Trinajstić information content (AvgIpc) is 2.82. The predicted molar refractivity (Wildman–Crippen MR) is 125 cm³/mol. The Kier molecular flexibility index (Phi) is 26.5. The normalized spacial score (nSPS) is 11.0. The Morgan fingerprint density at radius 1 is 0.881 bits per heavy atom. The second-order valence-electron chi connectivity index (χ2n) is 6.45. The fourth-order valence-corrected chi connectivity index (χ4v) is 3.21. The molecule has 1 atom stereocenters. The van der Waals surface area contributed by atoms with Crippen LogP contribution in [-0.4, -0.2) is 94.6 Å². The average molecular weight is 682 g/mol. The minimum atomic E-state index is -5.06. The molecule has 0 saturated heterocycles. The van der Waals surface area contributed by atoms with E-state index in [1.807, 2.05) is 0 Å². The number of aliphatic hydroxyl groups is 1. The van der Waals surface area contributed by atoms with Gasteiger partial charge in [-0.05, 0) is 35.2 Å². The Labute approximate surface area is 332 Å². The van der Waals surface area contributed by atoms with Crippen molar-refractivity contribution in [1.29, 1.82) is 0 Å². The summed E-state index contributed by atoms with van der Waals surface area (Å²) in [4.78, 5) is 21.8. The van der Waals surface area contributed by atoms with E-state index >= 15 is 0 Å². The van der Waals surface area contributed by atoms with E-state index < -0.39 is 54.7 Å². The zero-order valence-corrected chi connectivity index (χ0v) is 33.2. The maximum Gasteiger partial charge on any atom is 1.00 e. The van der Waals surface area contributed by atoms with Gasteiger partial charge in [0.15, 0.2) is 10.1 Å². The number of rotatable bonds is 12. The maximum absolute atomic E-state index is 11.3. The third-order valence-corrected chi connectivity index (χ3v) is 5.37. The molecule has 0 fully saturated rings. The summed E-state index contributed by atoms with van der Waals surface area (Å²) in [5, 5.41) is 16.9. The van der Waals surface area contributed by atoms with Crippen LogP contribution < -0.4 is 139 Å². The molecule has 0 aliphatic rings. The number of hydrogen-bond acceptors (Lipinski definition) is 19. The minimum absolute atomic E-state index is 0. The smallest absolute Gasteiger partial charge is 0.771 e. The van der Waals surface area contributed by atoms with Crippen LogP contribution in [0.5, 0.6) is 0 Å². The molecule has 1 aromatic carbocycles. The summed E-state index contributed by atoms with van der Waals surface area (Å²) in [6.45, 7) is -0.707. The van der Waals surface area contributed by atoms with Crippen LogP contribution in [0.3, 0.4) is 0 Å². The third-order valence-electron chi connectivity index (χ3n) is 3.59. The first kappa shape index (κ1) is 46.9. The molecule has 26 heteroatoms. The van der Waals surface area contributed by atoms with Crippen molar-refractivity contribution in [1.82, 2.24) is 35.2 Å². The Morgan fingerprint density at radius 2 is 1.43 bits per heavy atom. The van der Waals surface area contributed by atoms with Gasteiger partial charge in [-0.25, -0.2) is 16.8 Å². The number of aromatic nitrogens is 6. The first-order valence-corrected chi connectivity index (χ1v) is 14.0. The van der Waals surface area contributed by atoms with Gasteiger partial charge in [0.25, 0.3) is 0 Å². The monoisotopic (exact) mass is 681 g/mol. The molecular weight excluding hydrogens is 664 g/mol. The SMILES string of the molecule is O=S(=O)([O-])CCNc1nc(Nc2cccc(Nc3n[c-]n[c-]n3)c2)nc(S(=O)(=O)[O-])n1.O=S([O-])CNCO.[Na+].[Na+].[Na+].[Na+]. The van der Waals surface area contributed by atoms with Gasteiger partial charge in [0, 0.05) is 17.9 Å². The molecule has 5 N–H and O–H groups in total. The van der Waals surface area contributed by atoms with Crippen molar-refractivity contribution in [3.63, 3.8) is 0 Å². The van der Waals surface area contributed by atoms with Gasteiger partial charge in [-0.3, -0.25) is 9.53 Å². The zero-order valence-electron chi connectivity index (χ0n) is 22.8. The fourth-order valence-electron chi connectivity index (χ4n) is 2.20. The summed E-state index contributed by atoms with van der Waals surface area (Å²) < 4.78 is 85.2. The molecule has 0 saturated carbocycles. The van der Waals surface area contributed by atoms with Crippen LogP contribution in [-0.2, 0) is 31.3 Å². The molecule has 0 aliphatic heterocycles. The second kappa shape index (κ2) is 23.8. The Morgan fingerprint density at radius 3 is 1.90 bits per heavy atom. The molecule has 2 aromatic heterocycles. The first-order valence-electron chi connectivity index (χ1n) is 9.75. The molecule has 0 bridgehead atoms. The number of hydrogen-bond donors (Lipinski definition) is 5. The van der Waals surface area contributed by atoms with Gasteiger partial charge in [-0.2, -0.15) is 27.6 Å². The van der Waals surface area contributed by atoms with E-state index in [9.17, 15) is 34.7 Å². The molecule has 19 nitrogen and oxygen atoms in total. The van der Waals surface area contributed by atoms with Crippen LogP contribution in [0.15, 0.2) is 29.4 Å². The van der Waals surface area contributed by atoms with Crippen molar-refractivity contribution in [2.75, 3.05) is 40.9 Å². The van der Waals surface area contributed by atoms with Gasteiger partial charge >= 0.3 is 118 Å². The Bertz CT molecular complexity index is 1450. The zero-order chi connectivity index (χ0) is 28.2. The van der Waals surface area contributed by atoms with Crippen molar-refractivity contribution in [3.8, 4) is 0 Å². The van der Waals surface area contributed by atoms with Gasteiger partial charge < -0.3 is 49.7 Å². The number of anilines is 5. The second-order valence-corrected chi connectivity index (χ2v) is 10.1. The van der Waals surface area contributed by atoms with Gasteiger partial charge in [-0.15, -0.1) is 0 Å². The van der Waals surface area contributed by atoms with Crippen molar-refractivity contribution in [2.45, 2.75) is 5.16 Å². The molecule has 0 radical (unpaired) electrons. The van der Waals surface area contributed by atoms with E-state index in [-0.39, 0.29) is 143 Å². The number of benzene rings is 1. The predicted octanol–water partition coefficient (Wildman–Crippen LogP) is -14.6. The third kappa shape index (κ3) is 20.5. The van der Waals surface area contributed by atoms with Crippen LogP contribution in [0.25, 0.3) is 0 Å². The number of nitrogens with one attached hydrogen (secondary N) is 4. The molecule has 0 aliphatic carbocycles. The molecule has 208 valence electrons. The summed E-state index contributed by atoms with van der Waals surface area (Å²) in [5.74, 6) is -1.55. The van der Waals surface area contributed by atoms with Crippen LogP contribution in [0.1, 0.15) is 0 Å². The molecule has 1 unspecified atom stereocenters. The molecule has 2 heterocycles. The summed E-state index contributed by atoms with van der Waals surface area (Å²) in [5.41, 5.74) is 0.892. The van der Waals surface area contributed by atoms with Crippen molar-refractivity contribution < 1.29 is 158 Å². The molecule has 42 heavy (non-hydrogen) atoms. The largest absolute Gasteiger partial charge is 1.00 e.